The number of hydrogen-bond donors (Lipinski definition) is 2. The number of carbonyl (C=O) groups is 1. The molecule has 1 amide bonds. The van der Waals surface area contributed by atoms with E-state index in [1.165, 1.54) is 9.75 Å². The molecular formula is C23H39N5O2S. The minimum absolute atomic E-state index is 0.213. The predicted molar refractivity (Wildman–Crippen MR) is 128 cm³/mol. The third kappa shape index (κ3) is 6.20. The van der Waals surface area contributed by atoms with Crippen LogP contribution < -0.4 is 10.6 Å². The quantitative estimate of drug-likeness (QED) is 0.472. The lowest BCUT2D eigenvalue weighted by Crippen LogP contribution is -2.47. The van der Waals surface area contributed by atoms with Gasteiger partial charge in [0, 0.05) is 50.0 Å². The van der Waals surface area contributed by atoms with Gasteiger partial charge in [-0.2, -0.15) is 0 Å². The van der Waals surface area contributed by atoms with Gasteiger partial charge in [-0.3, -0.25) is 14.7 Å². The molecule has 1 saturated carbocycles. The van der Waals surface area contributed by atoms with Gasteiger partial charge in [-0.05, 0) is 38.8 Å². The van der Waals surface area contributed by atoms with Gasteiger partial charge in [0.2, 0.25) is 5.91 Å². The molecule has 2 fully saturated rings. The zero-order chi connectivity index (χ0) is 22.3. The minimum atomic E-state index is -0.347. The van der Waals surface area contributed by atoms with Gasteiger partial charge in [0.1, 0.15) is 0 Å². The van der Waals surface area contributed by atoms with Crippen LogP contribution in [0.25, 0.3) is 0 Å². The average molecular weight is 450 g/mol. The highest BCUT2D eigenvalue weighted by Crippen LogP contribution is 2.39. The number of nitrogens with one attached hydrogen (secondary N) is 2. The van der Waals surface area contributed by atoms with Crippen molar-refractivity contribution in [1.82, 2.24) is 20.4 Å². The molecule has 174 valence electrons. The second-order valence-electron chi connectivity index (χ2n) is 8.88. The fraction of sp³-hybridized carbons (Fsp3) is 0.739. The lowest BCUT2D eigenvalue weighted by molar-refractivity contribution is -0.138. The van der Waals surface area contributed by atoms with Crippen molar-refractivity contribution < 1.29 is 9.53 Å². The van der Waals surface area contributed by atoms with Gasteiger partial charge < -0.3 is 20.3 Å². The Morgan fingerprint density at radius 2 is 1.97 bits per heavy atom. The zero-order valence-electron chi connectivity index (χ0n) is 19.6. The van der Waals surface area contributed by atoms with Crippen LogP contribution in [0, 0.1) is 12.3 Å². The lowest BCUT2D eigenvalue weighted by Gasteiger charge is -2.34. The van der Waals surface area contributed by atoms with Crippen molar-refractivity contribution in [3.63, 3.8) is 0 Å². The van der Waals surface area contributed by atoms with E-state index in [-0.39, 0.29) is 17.4 Å². The molecule has 0 spiro atoms. The number of hydrogen-bond acceptors (Lipinski definition) is 5. The van der Waals surface area contributed by atoms with Crippen LogP contribution >= 0.6 is 11.3 Å². The largest absolute Gasteiger partial charge is 0.379 e. The molecule has 1 atom stereocenters. The van der Waals surface area contributed by atoms with Crippen LogP contribution in [0.15, 0.2) is 17.1 Å². The lowest BCUT2D eigenvalue weighted by atomic mass is 9.85. The number of guanidine groups is 1. The van der Waals surface area contributed by atoms with E-state index in [0.717, 1.165) is 71.0 Å². The highest BCUT2D eigenvalue weighted by atomic mass is 32.1. The zero-order valence-corrected chi connectivity index (χ0v) is 20.4. The third-order valence-electron chi connectivity index (χ3n) is 6.34. The van der Waals surface area contributed by atoms with Crippen LogP contribution in [0.5, 0.6) is 0 Å². The van der Waals surface area contributed by atoms with Crippen molar-refractivity contribution >= 4 is 23.2 Å². The number of ether oxygens (including phenoxy) is 1. The Morgan fingerprint density at radius 3 is 2.55 bits per heavy atom. The maximum absolute atomic E-state index is 12.9. The van der Waals surface area contributed by atoms with Gasteiger partial charge in [0.25, 0.3) is 0 Å². The molecule has 1 aliphatic carbocycles. The monoisotopic (exact) mass is 449 g/mol. The summed E-state index contributed by atoms with van der Waals surface area (Å²) in [5.41, 5.74) is -0.347. The average Bonchev–Trinajstić information content (AvgIpc) is 3.42. The first-order valence-electron chi connectivity index (χ1n) is 11.6. The molecule has 1 aromatic heterocycles. The van der Waals surface area contributed by atoms with Gasteiger partial charge in [0.15, 0.2) is 5.96 Å². The van der Waals surface area contributed by atoms with Crippen molar-refractivity contribution in [3.8, 4) is 0 Å². The molecule has 2 heterocycles. The van der Waals surface area contributed by atoms with E-state index in [2.05, 4.69) is 41.5 Å². The summed E-state index contributed by atoms with van der Waals surface area (Å²) < 4.78 is 5.57. The Hall–Kier alpha value is -1.64. The Labute approximate surface area is 191 Å². The number of aryl methyl sites for hydroxylation is 1. The van der Waals surface area contributed by atoms with Crippen LogP contribution in [-0.2, 0) is 9.53 Å². The second kappa shape index (κ2) is 11.3. The molecule has 1 aliphatic heterocycles. The van der Waals surface area contributed by atoms with Gasteiger partial charge in [-0.1, -0.05) is 12.8 Å². The predicted octanol–water partition coefficient (Wildman–Crippen LogP) is 2.63. The number of aliphatic imine (C=N–C) groups is 1. The molecule has 1 saturated heterocycles. The van der Waals surface area contributed by atoms with Crippen molar-refractivity contribution in [2.24, 2.45) is 10.4 Å². The highest BCUT2D eigenvalue weighted by Gasteiger charge is 2.42. The van der Waals surface area contributed by atoms with E-state index in [1.54, 1.807) is 4.90 Å². The van der Waals surface area contributed by atoms with E-state index in [1.807, 2.05) is 25.4 Å². The number of thiophene rings is 1. The summed E-state index contributed by atoms with van der Waals surface area (Å²) in [6, 6.07) is 4.73. The molecule has 2 aliphatic rings. The first kappa shape index (κ1) is 24.0. The molecule has 7 nitrogen and oxygen atoms in total. The van der Waals surface area contributed by atoms with Crippen molar-refractivity contribution in [3.05, 3.63) is 21.9 Å². The third-order valence-corrected chi connectivity index (χ3v) is 7.45. The molecule has 0 bridgehead atoms. The van der Waals surface area contributed by atoms with Crippen LogP contribution in [0.1, 0.15) is 48.4 Å². The Balaban J connectivity index is 1.71. The minimum Gasteiger partial charge on any atom is -0.379 e. The van der Waals surface area contributed by atoms with Crippen molar-refractivity contribution in [2.45, 2.75) is 45.6 Å². The number of carbonyl (C=O) groups excluding carboxylic acids is 1. The normalized spacial score (nSPS) is 20.5. The van der Waals surface area contributed by atoms with E-state index >= 15 is 0 Å². The van der Waals surface area contributed by atoms with E-state index in [9.17, 15) is 4.79 Å². The van der Waals surface area contributed by atoms with Crippen LogP contribution in [-0.4, -0.2) is 81.7 Å². The molecule has 1 aromatic rings. The number of rotatable bonds is 8. The molecule has 31 heavy (non-hydrogen) atoms. The van der Waals surface area contributed by atoms with E-state index < -0.39 is 0 Å². The highest BCUT2D eigenvalue weighted by molar-refractivity contribution is 7.12. The molecule has 8 heteroatoms. The van der Waals surface area contributed by atoms with Crippen LogP contribution in [0.2, 0.25) is 0 Å². The number of nitrogens with zero attached hydrogens (tertiary/aromatic N) is 3. The molecule has 2 N–H and O–H groups in total. The standard InChI is InChI=1S/C23H39N5O2S/c1-5-24-22(26-17-23(10-6-7-11-23)21(29)27(3)4)25-16-19(20-9-8-18(2)31-20)28-12-14-30-15-13-28/h8-9,19H,5-7,10-17H2,1-4H3,(H2,24,25,26). The van der Waals surface area contributed by atoms with Crippen molar-refractivity contribution in [1.29, 1.82) is 0 Å². The fourth-order valence-electron chi connectivity index (χ4n) is 4.66. The molecule has 3 rings (SSSR count). The Kier molecular flexibility index (Phi) is 8.75. The fourth-order valence-corrected chi connectivity index (χ4v) is 5.67. The molecule has 0 aromatic carbocycles. The Morgan fingerprint density at radius 1 is 1.26 bits per heavy atom. The van der Waals surface area contributed by atoms with Crippen molar-refractivity contribution in [2.75, 3.05) is 60.0 Å². The van der Waals surface area contributed by atoms with E-state index in [4.69, 9.17) is 9.73 Å². The van der Waals surface area contributed by atoms with Gasteiger partial charge in [-0.15, -0.1) is 11.3 Å². The first-order chi connectivity index (χ1) is 14.9. The molecule has 0 radical (unpaired) electrons. The summed E-state index contributed by atoms with van der Waals surface area (Å²) in [5.74, 6) is 1.01. The first-order valence-corrected chi connectivity index (χ1v) is 12.4. The van der Waals surface area contributed by atoms with Gasteiger partial charge in [-0.25, -0.2) is 0 Å². The van der Waals surface area contributed by atoms with Gasteiger partial charge in [0.05, 0.1) is 31.2 Å². The summed E-state index contributed by atoms with van der Waals surface area (Å²) in [5, 5.41) is 6.95. The van der Waals surface area contributed by atoms with E-state index in [0.29, 0.717) is 6.54 Å². The second-order valence-corrected chi connectivity index (χ2v) is 10.2. The summed E-state index contributed by atoms with van der Waals surface area (Å²) in [7, 11) is 3.71. The molecular weight excluding hydrogens is 410 g/mol. The summed E-state index contributed by atoms with van der Waals surface area (Å²) >= 11 is 1.86. The topological polar surface area (TPSA) is 69.2 Å². The van der Waals surface area contributed by atoms with Gasteiger partial charge >= 0.3 is 0 Å². The van der Waals surface area contributed by atoms with Crippen LogP contribution in [0.3, 0.4) is 0 Å². The number of morpholine rings is 1. The maximum atomic E-state index is 12.9. The summed E-state index contributed by atoms with van der Waals surface area (Å²) in [4.78, 5) is 24.7. The summed E-state index contributed by atoms with van der Waals surface area (Å²) in [6.45, 7) is 9.80. The number of amides is 1. The SMILES string of the molecule is CCNC(=NCC1(C(=O)N(C)C)CCCC1)NCC(c1ccc(C)s1)N1CCOCC1. The summed E-state index contributed by atoms with van der Waals surface area (Å²) in [6.07, 6.45) is 4.07. The molecule has 1 unspecified atom stereocenters. The van der Waals surface area contributed by atoms with Crippen LogP contribution in [0.4, 0.5) is 0 Å². The Bertz CT molecular complexity index is 736. The maximum Gasteiger partial charge on any atom is 0.230 e. The smallest absolute Gasteiger partial charge is 0.230 e.